The predicted molar refractivity (Wildman–Crippen MR) is 92.6 cm³/mol. The lowest BCUT2D eigenvalue weighted by Gasteiger charge is -2.03. The molecule has 0 spiro atoms. The van der Waals surface area contributed by atoms with E-state index >= 15 is 0 Å². The maximum absolute atomic E-state index is 12.3. The first-order valence-corrected chi connectivity index (χ1v) is 8.26. The lowest BCUT2D eigenvalue weighted by atomic mass is 10.2. The SMILES string of the molecule is Cc1nc(-c2ccccc2)sc1C(=O)NCCc1ccccn1. The number of aryl methyl sites for hydroxylation is 1. The van der Waals surface area contributed by atoms with Crippen LogP contribution in [0.2, 0.25) is 0 Å². The zero-order chi connectivity index (χ0) is 16.1. The molecule has 2 aromatic heterocycles. The van der Waals surface area contributed by atoms with Gasteiger partial charge >= 0.3 is 0 Å². The Labute approximate surface area is 139 Å². The lowest BCUT2D eigenvalue weighted by molar-refractivity contribution is 0.0957. The molecule has 23 heavy (non-hydrogen) atoms. The first-order chi connectivity index (χ1) is 11.2. The van der Waals surface area contributed by atoms with Gasteiger partial charge in [0.2, 0.25) is 0 Å². The van der Waals surface area contributed by atoms with E-state index in [9.17, 15) is 4.79 Å². The molecule has 0 radical (unpaired) electrons. The molecule has 1 aromatic carbocycles. The van der Waals surface area contributed by atoms with Gasteiger partial charge in [-0.3, -0.25) is 9.78 Å². The van der Waals surface area contributed by atoms with Crippen LogP contribution in [0, 0.1) is 6.92 Å². The van der Waals surface area contributed by atoms with Crippen LogP contribution in [0.15, 0.2) is 54.7 Å². The minimum absolute atomic E-state index is 0.0712. The van der Waals surface area contributed by atoms with Crippen LogP contribution in [0.25, 0.3) is 10.6 Å². The molecule has 0 saturated heterocycles. The molecule has 3 aromatic rings. The van der Waals surface area contributed by atoms with Crippen LogP contribution in [0.4, 0.5) is 0 Å². The molecule has 0 bridgehead atoms. The van der Waals surface area contributed by atoms with E-state index in [1.807, 2.05) is 55.5 Å². The predicted octanol–water partition coefficient (Wildman–Crippen LogP) is 3.49. The van der Waals surface area contributed by atoms with Crippen molar-refractivity contribution in [3.63, 3.8) is 0 Å². The van der Waals surface area contributed by atoms with Crippen LogP contribution in [0.1, 0.15) is 21.1 Å². The molecule has 0 unspecified atom stereocenters. The van der Waals surface area contributed by atoms with Crippen molar-refractivity contribution >= 4 is 17.2 Å². The normalized spacial score (nSPS) is 10.5. The quantitative estimate of drug-likeness (QED) is 0.782. The summed E-state index contributed by atoms with van der Waals surface area (Å²) >= 11 is 1.43. The van der Waals surface area contributed by atoms with Crippen molar-refractivity contribution in [2.75, 3.05) is 6.54 Å². The topological polar surface area (TPSA) is 54.9 Å². The van der Waals surface area contributed by atoms with E-state index in [4.69, 9.17) is 0 Å². The summed E-state index contributed by atoms with van der Waals surface area (Å²) < 4.78 is 0. The third-order valence-corrected chi connectivity index (χ3v) is 4.62. The fourth-order valence-corrected chi connectivity index (χ4v) is 3.23. The molecule has 3 rings (SSSR count). The number of benzene rings is 1. The van der Waals surface area contributed by atoms with Gasteiger partial charge in [-0.1, -0.05) is 36.4 Å². The van der Waals surface area contributed by atoms with Gasteiger partial charge in [-0.05, 0) is 19.1 Å². The molecule has 116 valence electrons. The minimum Gasteiger partial charge on any atom is -0.351 e. The number of rotatable bonds is 5. The van der Waals surface area contributed by atoms with Gasteiger partial charge in [-0.25, -0.2) is 4.98 Å². The van der Waals surface area contributed by atoms with Crippen molar-refractivity contribution in [1.29, 1.82) is 0 Å². The zero-order valence-electron chi connectivity index (χ0n) is 12.8. The van der Waals surface area contributed by atoms with Gasteiger partial charge in [-0.15, -0.1) is 11.3 Å². The zero-order valence-corrected chi connectivity index (χ0v) is 13.6. The third-order valence-electron chi connectivity index (χ3n) is 3.42. The largest absolute Gasteiger partial charge is 0.351 e. The molecular formula is C18H17N3OS. The number of hydrogen-bond acceptors (Lipinski definition) is 4. The average Bonchev–Trinajstić information content (AvgIpc) is 2.98. The highest BCUT2D eigenvalue weighted by Gasteiger charge is 2.15. The van der Waals surface area contributed by atoms with Crippen LogP contribution in [-0.4, -0.2) is 22.4 Å². The summed E-state index contributed by atoms with van der Waals surface area (Å²) in [4.78, 5) is 21.8. The maximum atomic E-state index is 12.3. The molecule has 1 amide bonds. The number of nitrogens with one attached hydrogen (secondary N) is 1. The number of hydrogen-bond donors (Lipinski definition) is 1. The number of pyridine rings is 1. The number of aromatic nitrogens is 2. The molecular weight excluding hydrogens is 306 g/mol. The second-order valence-electron chi connectivity index (χ2n) is 5.13. The lowest BCUT2D eigenvalue weighted by Crippen LogP contribution is -2.25. The first kappa shape index (κ1) is 15.4. The van der Waals surface area contributed by atoms with Crippen LogP contribution in [0.3, 0.4) is 0 Å². The van der Waals surface area contributed by atoms with Crippen LogP contribution >= 0.6 is 11.3 Å². The maximum Gasteiger partial charge on any atom is 0.263 e. The second-order valence-corrected chi connectivity index (χ2v) is 6.13. The Morgan fingerprint density at radius 2 is 1.91 bits per heavy atom. The standard InChI is InChI=1S/C18H17N3OS/c1-13-16(23-18(21-13)14-7-3-2-4-8-14)17(22)20-12-10-15-9-5-6-11-19-15/h2-9,11H,10,12H2,1H3,(H,20,22). The molecule has 1 N–H and O–H groups in total. The van der Waals surface area contributed by atoms with E-state index in [-0.39, 0.29) is 5.91 Å². The Balaban J connectivity index is 1.65. The number of carbonyl (C=O) groups is 1. The van der Waals surface area contributed by atoms with Gasteiger partial charge in [0, 0.05) is 30.4 Å². The number of amides is 1. The van der Waals surface area contributed by atoms with Gasteiger partial charge in [0.25, 0.3) is 5.91 Å². The van der Waals surface area contributed by atoms with E-state index in [1.54, 1.807) is 6.20 Å². The molecule has 5 heteroatoms. The summed E-state index contributed by atoms with van der Waals surface area (Å²) in [6.07, 6.45) is 2.48. The molecule has 0 saturated carbocycles. The summed E-state index contributed by atoms with van der Waals surface area (Å²) in [7, 11) is 0. The van der Waals surface area contributed by atoms with Crippen molar-refractivity contribution < 1.29 is 4.79 Å². The Hall–Kier alpha value is -2.53. The molecule has 0 aliphatic rings. The monoisotopic (exact) mass is 323 g/mol. The molecule has 0 fully saturated rings. The number of thiazole rings is 1. The summed E-state index contributed by atoms with van der Waals surface area (Å²) in [5.41, 5.74) is 2.77. The number of nitrogens with zero attached hydrogens (tertiary/aromatic N) is 2. The van der Waals surface area contributed by atoms with E-state index in [0.717, 1.165) is 28.4 Å². The van der Waals surface area contributed by atoms with E-state index in [2.05, 4.69) is 15.3 Å². The summed E-state index contributed by atoms with van der Waals surface area (Å²) in [6, 6.07) is 15.7. The molecule has 4 nitrogen and oxygen atoms in total. The van der Waals surface area contributed by atoms with Crippen LogP contribution < -0.4 is 5.32 Å². The second kappa shape index (κ2) is 7.15. The van der Waals surface area contributed by atoms with Crippen molar-refractivity contribution in [2.24, 2.45) is 0 Å². The fraction of sp³-hybridized carbons (Fsp3) is 0.167. The molecule has 0 aliphatic carbocycles. The Morgan fingerprint density at radius 3 is 2.65 bits per heavy atom. The summed E-state index contributed by atoms with van der Waals surface area (Å²) in [5, 5.41) is 3.82. The fourth-order valence-electron chi connectivity index (χ4n) is 2.24. The summed E-state index contributed by atoms with van der Waals surface area (Å²) in [6.45, 7) is 2.43. The highest BCUT2D eigenvalue weighted by molar-refractivity contribution is 7.17. The molecule has 0 atom stereocenters. The minimum atomic E-state index is -0.0712. The van der Waals surface area contributed by atoms with Crippen LogP contribution in [0.5, 0.6) is 0 Å². The van der Waals surface area contributed by atoms with Gasteiger partial charge in [0.15, 0.2) is 0 Å². The number of carbonyl (C=O) groups excluding carboxylic acids is 1. The average molecular weight is 323 g/mol. The Bertz CT molecular complexity index is 785. The van der Waals surface area contributed by atoms with Crippen molar-refractivity contribution in [3.05, 3.63) is 71.0 Å². The molecule has 2 heterocycles. The van der Waals surface area contributed by atoms with E-state index in [1.165, 1.54) is 11.3 Å². The Morgan fingerprint density at radius 1 is 1.13 bits per heavy atom. The highest BCUT2D eigenvalue weighted by atomic mass is 32.1. The first-order valence-electron chi connectivity index (χ1n) is 7.45. The van der Waals surface area contributed by atoms with E-state index in [0.29, 0.717) is 11.4 Å². The van der Waals surface area contributed by atoms with Crippen molar-refractivity contribution in [1.82, 2.24) is 15.3 Å². The highest BCUT2D eigenvalue weighted by Crippen LogP contribution is 2.27. The van der Waals surface area contributed by atoms with Gasteiger partial charge in [0.1, 0.15) is 9.88 Å². The Kier molecular flexibility index (Phi) is 4.78. The third kappa shape index (κ3) is 3.81. The van der Waals surface area contributed by atoms with Gasteiger partial charge in [0.05, 0.1) is 5.69 Å². The van der Waals surface area contributed by atoms with Gasteiger partial charge in [-0.2, -0.15) is 0 Å². The summed E-state index contributed by atoms with van der Waals surface area (Å²) in [5.74, 6) is -0.0712. The van der Waals surface area contributed by atoms with Crippen LogP contribution in [-0.2, 0) is 6.42 Å². The smallest absolute Gasteiger partial charge is 0.263 e. The van der Waals surface area contributed by atoms with Crippen molar-refractivity contribution in [3.8, 4) is 10.6 Å². The van der Waals surface area contributed by atoms with Crippen molar-refractivity contribution in [2.45, 2.75) is 13.3 Å². The molecule has 0 aliphatic heterocycles. The van der Waals surface area contributed by atoms with Gasteiger partial charge < -0.3 is 5.32 Å². The van der Waals surface area contributed by atoms with E-state index < -0.39 is 0 Å².